The lowest BCUT2D eigenvalue weighted by Gasteiger charge is -2.20. The molecule has 3 N–H and O–H groups in total. The second-order valence-corrected chi connectivity index (χ2v) is 8.01. The fourth-order valence-electron chi connectivity index (χ4n) is 3.70. The highest BCUT2D eigenvalue weighted by molar-refractivity contribution is 5.95. The number of aromatic amines is 1. The van der Waals surface area contributed by atoms with Crippen LogP contribution in [0.25, 0.3) is 33.5 Å². The molecule has 0 aliphatic heterocycles. The van der Waals surface area contributed by atoms with Gasteiger partial charge in [-0.25, -0.2) is 9.78 Å². The van der Waals surface area contributed by atoms with Gasteiger partial charge in [0.1, 0.15) is 6.10 Å². The molecule has 3 heterocycles. The van der Waals surface area contributed by atoms with Crippen molar-refractivity contribution in [3.63, 3.8) is 0 Å². The molecular formula is C25H27N5O2. The number of H-pyrrole nitrogens is 1. The summed E-state index contributed by atoms with van der Waals surface area (Å²) in [5, 5.41) is 0.830. The van der Waals surface area contributed by atoms with Crippen molar-refractivity contribution in [1.29, 1.82) is 0 Å². The Bertz CT molecular complexity index is 1250. The molecule has 0 bridgehead atoms. The Kier molecular flexibility index (Phi) is 6.28. The van der Waals surface area contributed by atoms with Crippen molar-refractivity contribution in [3.8, 4) is 22.6 Å². The van der Waals surface area contributed by atoms with Gasteiger partial charge in [-0.1, -0.05) is 25.5 Å². The Morgan fingerprint density at radius 2 is 2.03 bits per heavy atom. The van der Waals surface area contributed by atoms with Gasteiger partial charge in [-0.3, -0.25) is 9.97 Å². The topological polar surface area (TPSA) is 107 Å². The summed E-state index contributed by atoms with van der Waals surface area (Å²) in [6.07, 6.45) is 4.50. The summed E-state index contributed by atoms with van der Waals surface area (Å²) in [6, 6.07) is 13.3. The third-order valence-electron chi connectivity index (χ3n) is 5.39. The first-order chi connectivity index (χ1) is 15.5. The predicted octanol–water partition coefficient (Wildman–Crippen LogP) is 4.67. The molecule has 32 heavy (non-hydrogen) atoms. The van der Waals surface area contributed by atoms with E-state index >= 15 is 0 Å². The number of carbonyl (C=O) groups excluding carboxylic acids is 1. The van der Waals surface area contributed by atoms with Gasteiger partial charge in [0.25, 0.3) is 0 Å². The van der Waals surface area contributed by atoms with Gasteiger partial charge < -0.3 is 15.5 Å². The van der Waals surface area contributed by atoms with E-state index in [0.29, 0.717) is 5.56 Å². The van der Waals surface area contributed by atoms with E-state index in [1.165, 1.54) is 0 Å². The van der Waals surface area contributed by atoms with E-state index in [4.69, 9.17) is 10.5 Å². The Balaban J connectivity index is 1.67. The molecule has 4 aromatic rings. The third-order valence-corrected chi connectivity index (χ3v) is 5.39. The van der Waals surface area contributed by atoms with Crippen molar-refractivity contribution in [2.45, 2.75) is 45.8 Å². The minimum absolute atomic E-state index is 0.229. The van der Waals surface area contributed by atoms with Crippen LogP contribution in [0.4, 0.5) is 0 Å². The van der Waals surface area contributed by atoms with E-state index in [-0.39, 0.29) is 12.1 Å². The molecule has 3 aromatic heterocycles. The second-order valence-electron chi connectivity index (χ2n) is 8.01. The summed E-state index contributed by atoms with van der Waals surface area (Å²) >= 11 is 0. The molecule has 0 amide bonds. The van der Waals surface area contributed by atoms with Gasteiger partial charge in [0.05, 0.1) is 34.5 Å². The lowest BCUT2D eigenvalue weighted by atomic mass is 10.0. The van der Waals surface area contributed by atoms with Gasteiger partial charge in [0.15, 0.2) is 0 Å². The van der Waals surface area contributed by atoms with Gasteiger partial charge in [-0.15, -0.1) is 0 Å². The lowest BCUT2D eigenvalue weighted by molar-refractivity contribution is 0.0228. The van der Waals surface area contributed by atoms with Crippen LogP contribution in [0.2, 0.25) is 0 Å². The van der Waals surface area contributed by atoms with Gasteiger partial charge in [-0.05, 0) is 50.6 Å². The van der Waals surface area contributed by atoms with Crippen LogP contribution in [0.5, 0.6) is 0 Å². The molecule has 0 fully saturated rings. The predicted molar refractivity (Wildman–Crippen MR) is 125 cm³/mol. The number of ether oxygens (including phenoxy) is 1. The number of hydrogen-bond acceptors (Lipinski definition) is 6. The van der Waals surface area contributed by atoms with Crippen LogP contribution in [0.15, 0.2) is 55.0 Å². The van der Waals surface area contributed by atoms with Crippen LogP contribution in [-0.2, 0) is 4.74 Å². The first-order valence-electron chi connectivity index (χ1n) is 10.8. The molecule has 164 valence electrons. The average molecular weight is 430 g/mol. The standard InChI is InChI=1S/C25H27N5O2/c1-4-6-22(16(3)26)32-25(31)19-12-18-11-17(9-10-20(18)27-13-19)23-24(29-14-28-23)21-8-5-7-15(2)30-21/h5,7-14,16,22H,4,6,26H2,1-3H3,(H,28,29)/t16-,22+/m1/s1. The Labute approximate surface area is 187 Å². The second kappa shape index (κ2) is 9.28. The molecule has 0 spiro atoms. The molecular weight excluding hydrogens is 402 g/mol. The number of benzene rings is 1. The molecule has 0 saturated heterocycles. The maximum absolute atomic E-state index is 12.7. The zero-order chi connectivity index (χ0) is 22.7. The van der Waals surface area contributed by atoms with E-state index in [1.807, 2.05) is 57.2 Å². The number of pyridine rings is 2. The summed E-state index contributed by atoms with van der Waals surface area (Å²) in [7, 11) is 0. The number of nitrogens with one attached hydrogen (secondary N) is 1. The lowest BCUT2D eigenvalue weighted by Crippen LogP contribution is -2.35. The highest BCUT2D eigenvalue weighted by Gasteiger charge is 2.20. The first kappa shape index (κ1) is 21.6. The van der Waals surface area contributed by atoms with Gasteiger partial charge in [0, 0.05) is 28.9 Å². The van der Waals surface area contributed by atoms with Crippen molar-refractivity contribution in [3.05, 3.63) is 66.2 Å². The quantitative estimate of drug-likeness (QED) is 0.414. The van der Waals surface area contributed by atoms with Gasteiger partial charge in [-0.2, -0.15) is 0 Å². The number of aromatic nitrogens is 4. The van der Waals surface area contributed by atoms with Crippen LogP contribution >= 0.6 is 0 Å². The maximum Gasteiger partial charge on any atom is 0.340 e. The van der Waals surface area contributed by atoms with Crippen molar-refractivity contribution in [2.24, 2.45) is 5.73 Å². The van der Waals surface area contributed by atoms with E-state index in [0.717, 1.165) is 52.1 Å². The van der Waals surface area contributed by atoms with Crippen LogP contribution in [0, 0.1) is 6.92 Å². The molecule has 7 heteroatoms. The summed E-state index contributed by atoms with van der Waals surface area (Å²) in [5.41, 5.74) is 11.5. The van der Waals surface area contributed by atoms with E-state index in [2.05, 4.69) is 19.9 Å². The highest BCUT2D eigenvalue weighted by Crippen LogP contribution is 2.30. The minimum atomic E-state index is -0.412. The van der Waals surface area contributed by atoms with Crippen molar-refractivity contribution < 1.29 is 9.53 Å². The van der Waals surface area contributed by atoms with Crippen LogP contribution in [0.1, 0.15) is 42.7 Å². The summed E-state index contributed by atoms with van der Waals surface area (Å²) in [5.74, 6) is -0.412. The SMILES string of the molecule is CCC[C@H](OC(=O)c1cnc2ccc(-c3nc[nH]c3-c3cccc(C)n3)cc2c1)[C@@H](C)N. The maximum atomic E-state index is 12.7. The summed E-state index contributed by atoms with van der Waals surface area (Å²) < 4.78 is 5.65. The van der Waals surface area contributed by atoms with Crippen molar-refractivity contribution in [1.82, 2.24) is 19.9 Å². The van der Waals surface area contributed by atoms with Crippen molar-refractivity contribution in [2.75, 3.05) is 0 Å². The Morgan fingerprint density at radius 3 is 2.78 bits per heavy atom. The molecule has 0 aliphatic carbocycles. The molecule has 1 aromatic carbocycles. The molecule has 0 aliphatic rings. The number of carbonyl (C=O) groups is 1. The fourth-order valence-corrected chi connectivity index (χ4v) is 3.70. The largest absolute Gasteiger partial charge is 0.457 e. The molecule has 0 saturated carbocycles. The Morgan fingerprint density at radius 1 is 1.19 bits per heavy atom. The molecule has 7 nitrogen and oxygen atoms in total. The van der Waals surface area contributed by atoms with Gasteiger partial charge >= 0.3 is 5.97 Å². The summed E-state index contributed by atoms with van der Waals surface area (Å²) in [6.45, 7) is 5.85. The first-order valence-corrected chi connectivity index (χ1v) is 10.8. The summed E-state index contributed by atoms with van der Waals surface area (Å²) in [4.78, 5) is 29.5. The Hall–Kier alpha value is -3.58. The van der Waals surface area contributed by atoms with Crippen molar-refractivity contribution >= 4 is 16.9 Å². The third kappa shape index (κ3) is 4.53. The normalized spacial score (nSPS) is 13.1. The number of imidazole rings is 1. The van der Waals surface area contributed by atoms with Crippen LogP contribution < -0.4 is 5.73 Å². The number of nitrogens with two attached hydrogens (primary N) is 1. The van der Waals surface area contributed by atoms with E-state index in [9.17, 15) is 4.79 Å². The zero-order valence-corrected chi connectivity index (χ0v) is 18.5. The number of aryl methyl sites for hydroxylation is 1. The molecule has 0 radical (unpaired) electrons. The molecule has 2 atom stereocenters. The minimum Gasteiger partial charge on any atom is -0.457 e. The van der Waals surface area contributed by atoms with Crippen LogP contribution in [0.3, 0.4) is 0 Å². The number of fused-ring (bicyclic) bond motifs is 1. The molecule has 4 rings (SSSR count). The van der Waals surface area contributed by atoms with E-state index in [1.54, 1.807) is 18.6 Å². The average Bonchev–Trinajstić information content (AvgIpc) is 3.28. The fraction of sp³-hybridized carbons (Fsp3) is 0.280. The van der Waals surface area contributed by atoms with E-state index < -0.39 is 5.97 Å². The highest BCUT2D eigenvalue weighted by atomic mass is 16.5. The van der Waals surface area contributed by atoms with Gasteiger partial charge in [0.2, 0.25) is 0 Å². The number of rotatable bonds is 7. The molecule has 0 unspecified atom stereocenters. The zero-order valence-electron chi connectivity index (χ0n) is 18.5. The van der Waals surface area contributed by atoms with Crippen LogP contribution in [-0.4, -0.2) is 38.1 Å². The smallest absolute Gasteiger partial charge is 0.340 e. The number of hydrogen-bond donors (Lipinski definition) is 2. The number of esters is 1. The number of nitrogens with zero attached hydrogens (tertiary/aromatic N) is 3. The monoisotopic (exact) mass is 429 g/mol.